The van der Waals surface area contributed by atoms with Crippen molar-refractivity contribution in [2.45, 2.75) is 65.2 Å². The number of unbranched alkanes of at least 4 members (excludes halogenated alkanes) is 7. The SMILES string of the molecule is CCCCCCCCCCNC(=O)C(C)C(=O)O. The highest BCUT2D eigenvalue weighted by atomic mass is 16.4. The molecule has 1 unspecified atom stereocenters. The Morgan fingerprint density at radius 1 is 1.00 bits per heavy atom. The van der Waals surface area contributed by atoms with E-state index in [9.17, 15) is 9.59 Å². The predicted octanol–water partition coefficient (Wildman–Crippen LogP) is 2.96. The van der Waals surface area contributed by atoms with E-state index >= 15 is 0 Å². The fraction of sp³-hybridized carbons (Fsp3) is 0.857. The Kier molecular flexibility index (Phi) is 10.4. The molecule has 0 aromatic rings. The van der Waals surface area contributed by atoms with Crippen LogP contribution in [0.5, 0.6) is 0 Å². The number of amides is 1. The van der Waals surface area contributed by atoms with Crippen LogP contribution in [0.15, 0.2) is 0 Å². The van der Waals surface area contributed by atoms with Crippen LogP contribution in [0.4, 0.5) is 0 Å². The fourth-order valence-electron chi connectivity index (χ4n) is 1.74. The molecule has 0 bridgehead atoms. The number of carboxylic acid groups (broad SMARTS) is 1. The molecule has 4 heteroatoms. The summed E-state index contributed by atoms with van der Waals surface area (Å²) < 4.78 is 0. The molecular weight excluding hydrogens is 230 g/mol. The van der Waals surface area contributed by atoms with Crippen LogP contribution >= 0.6 is 0 Å². The van der Waals surface area contributed by atoms with E-state index < -0.39 is 11.9 Å². The Morgan fingerprint density at radius 2 is 1.50 bits per heavy atom. The van der Waals surface area contributed by atoms with Crippen LogP contribution in [0, 0.1) is 5.92 Å². The molecule has 0 fully saturated rings. The number of carbonyl (C=O) groups is 2. The summed E-state index contributed by atoms with van der Waals surface area (Å²) >= 11 is 0. The molecule has 0 aliphatic carbocycles. The Bertz CT molecular complexity index is 241. The third kappa shape index (κ3) is 9.02. The normalized spacial score (nSPS) is 12.1. The van der Waals surface area contributed by atoms with Gasteiger partial charge in [0.2, 0.25) is 5.91 Å². The molecule has 4 nitrogen and oxygen atoms in total. The fourth-order valence-corrected chi connectivity index (χ4v) is 1.74. The number of hydrogen-bond acceptors (Lipinski definition) is 2. The van der Waals surface area contributed by atoms with E-state index in [1.807, 2.05) is 0 Å². The second-order valence-electron chi connectivity index (χ2n) is 4.83. The Labute approximate surface area is 110 Å². The summed E-state index contributed by atoms with van der Waals surface area (Å²) in [5.41, 5.74) is 0. The number of aliphatic carboxylic acids is 1. The van der Waals surface area contributed by atoms with Crippen LogP contribution in [-0.4, -0.2) is 23.5 Å². The van der Waals surface area contributed by atoms with Crippen LogP contribution < -0.4 is 5.32 Å². The number of carbonyl (C=O) groups excluding carboxylic acids is 1. The average molecular weight is 257 g/mol. The molecule has 0 radical (unpaired) electrons. The molecule has 0 rings (SSSR count). The third-order valence-corrected chi connectivity index (χ3v) is 3.09. The molecule has 0 spiro atoms. The third-order valence-electron chi connectivity index (χ3n) is 3.09. The lowest BCUT2D eigenvalue weighted by molar-refractivity contribution is -0.146. The van der Waals surface area contributed by atoms with Gasteiger partial charge in [0.1, 0.15) is 5.92 Å². The summed E-state index contributed by atoms with van der Waals surface area (Å²) in [4.78, 5) is 21.8. The highest BCUT2D eigenvalue weighted by Gasteiger charge is 2.19. The maximum Gasteiger partial charge on any atom is 0.315 e. The largest absolute Gasteiger partial charge is 0.481 e. The van der Waals surface area contributed by atoms with Crippen molar-refractivity contribution in [3.63, 3.8) is 0 Å². The molecule has 0 heterocycles. The smallest absolute Gasteiger partial charge is 0.315 e. The molecule has 0 saturated heterocycles. The number of nitrogens with one attached hydrogen (secondary N) is 1. The maximum atomic E-state index is 11.3. The molecule has 0 aliphatic heterocycles. The van der Waals surface area contributed by atoms with Gasteiger partial charge in [-0.1, -0.05) is 51.9 Å². The van der Waals surface area contributed by atoms with Crippen LogP contribution in [-0.2, 0) is 9.59 Å². The number of hydrogen-bond donors (Lipinski definition) is 2. The van der Waals surface area contributed by atoms with Crippen molar-refractivity contribution >= 4 is 11.9 Å². The van der Waals surface area contributed by atoms with Gasteiger partial charge in [0, 0.05) is 6.54 Å². The first kappa shape index (κ1) is 16.9. The molecule has 0 aromatic heterocycles. The van der Waals surface area contributed by atoms with E-state index in [1.54, 1.807) is 0 Å². The van der Waals surface area contributed by atoms with Crippen molar-refractivity contribution in [2.75, 3.05) is 6.54 Å². The Hall–Kier alpha value is -1.06. The van der Waals surface area contributed by atoms with Gasteiger partial charge in [0.25, 0.3) is 0 Å². The highest BCUT2D eigenvalue weighted by molar-refractivity contribution is 5.96. The first-order valence-corrected chi connectivity index (χ1v) is 7.10. The predicted molar refractivity (Wildman–Crippen MR) is 72.4 cm³/mol. The lowest BCUT2D eigenvalue weighted by atomic mass is 10.1. The van der Waals surface area contributed by atoms with E-state index in [0.717, 1.165) is 12.8 Å². The first-order chi connectivity index (χ1) is 8.59. The zero-order chi connectivity index (χ0) is 13.8. The van der Waals surface area contributed by atoms with E-state index in [2.05, 4.69) is 12.2 Å². The summed E-state index contributed by atoms with van der Waals surface area (Å²) in [6.45, 7) is 4.21. The first-order valence-electron chi connectivity index (χ1n) is 7.10. The van der Waals surface area contributed by atoms with Gasteiger partial charge in [-0.2, -0.15) is 0 Å². The van der Waals surface area contributed by atoms with Crippen molar-refractivity contribution in [3.05, 3.63) is 0 Å². The zero-order valence-corrected chi connectivity index (χ0v) is 11.7. The van der Waals surface area contributed by atoms with Gasteiger partial charge in [-0.15, -0.1) is 0 Å². The maximum absolute atomic E-state index is 11.3. The summed E-state index contributed by atoms with van der Waals surface area (Å²) in [6.07, 6.45) is 9.73. The molecule has 2 N–H and O–H groups in total. The lowest BCUT2D eigenvalue weighted by Crippen LogP contribution is -2.34. The van der Waals surface area contributed by atoms with Gasteiger partial charge in [0.05, 0.1) is 0 Å². The minimum Gasteiger partial charge on any atom is -0.481 e. The number of carboxylic acids is 1. The van der Waals surface area contributed by atoms with Crippen LogP contribution in [0.25, 0.3) is 0 Å². The quantitative estimate of drug-likeness (QED) is 0.442. The molecule has 18 heavy (non-hydrogen) atoms. The monoisotopic (exact) mass is 257 g/mol. The van der Waals surface area contributed by atoms with Gasteiger partial charge < -0.3 is 10.4 Å². The lowest BCUT2D eigenvalue weighted by Gasteiger charge is -2.08. The molecule has 0 aliphatic rings. The molecule has 0 saturated carbocycles. The van der Waals surface area contributed by atoms with Gasteiger partial charge in [-0.25, -0.2) is 0 Å². The van der Waals surface area contributed by atoms with Gasteiger partial charge >= 0.3 is 5.97 Å². The van der Waals surface area contributed by atoms with Crippen molar-refractivity contribution in [2.24, 2.45) is 5.92 Å². The summed E-state index contributed by atoms with van der Waals surface area (Å²) in [6, 6.07) is 0. The Balaban J connectivity index is 3.30. The minimum absolute atomic E-state index is 0.384. The van der Waals surface area contributed by atoms with E-state index in [-0.39, 0.29) is 5.91 Å². The van der Waals surface area contributed by atoms with Crippen molar-refractivity contribution in [3.8, 4) is 0 Å². The van der Waals surface area contributed by atoms with Gasteiger partial charge in [-0.05, 0) is 13.3 Å². The van der Waals surface area contributed by atoms with Gasteiger partial charge in [-0.3, -0.25) is 9.59 Å². The highest BCUT2D eigenvalue weighted by Crippen LogP contribution is 2.07. The summed E-state index contributed by atoms with van der Waals surface area (Å²) in [5, 5.41) is 11.3. The molecule has 106 valence electrons. The topological polar surface area (TPSA) is 66.4 Å². The summed E-state index contributed by atoms with van der Waals surface area (Å²) in [7, 11) is 0. The van der Waals surface area contributed by atoms with Crippen LogP contribution in [0.1, 0.15) is 65.2 Å². The molecule has 0 aromatic carbocycles. The molecule has 1 atom stereocenters. The van der Waals surface area contributed by atoms with Gasteiger partial charge in [0.15, 0.2) is 0 Å². The molecular formula is C14H27NO3. The van der Waals surface area contributed by atoms with Crippen LogP contribution in [0.2, 0.25) is 0 Å². The van der Waals surface area contributed by atoms with E-state index in [1.165, 1.54) is 45.4 Å². The Morgan fingerprint density at radius 3 is 2.00 bits per heavy atom. The van der Waals surface area contributed by atoms with Crippen LogP contribution in [0.3, 0.4) is 0 Å². The average Bonchev–Trinajstić information content (AvgIpc) is 2.35. The van der Waals surface area contributed by atoms with Crippen molar-refractivity contribution in [1.29, 1.82) is 0 Å². The second kappa shape index (κ2) is 11.1. The zero-order valence-electron chi connectivity index (χ0n) is 11.7. The molecule has 1 amide bonds. The van der Waals surface area contributed by atoms with E-state index in [4.69, 9.17) is 5.11 Å². The minimum atomic E-state index is -1.07. The summed E-state index contributed by atoms with van der Waals surface area (Å²) in [5.74, 6) is -2.40. The van der Waals surface area contributed by atoms with Crippen molar-refractivity contribution < 1.29 is 14.7 Å². The second-order valence-corrected chi connectivity index (χ2v) is 4.83. The standard InChI is InChI=1S/C14H27NO3/c1-3-4-5-6-7-8-9-10-11-15-13(16)12(2)14(17)18/h12H,3-11H2,1-2H3,(H,15,16)(H,17,18). The van der Waals surface area contributed by atoms with E-state index in [0.29, 0.717) is 6.54 Å². The van der Waals surface area contributed by atoms with Crippen molar-refractivity contribution in [1.82, 2.24) is 5.32 Å². The number of rotatable bonds is 11.